The van der Waals surface area contributed by atoms with Gasteiger partial charge in [-0.3, -0.25) is 4.79 Å². The Hall–Kier alpha value is -0.570. The molecule has 5 fully saturated rings. The van der Waals surface area contributed by atoms with Crippen molar-refractivity contribution in [2.75, 3.05) is 6.61 Å². The lowest BCUT2D eigenvalue weighted by molar-refractivity contribution is -0.137. The van der Waals surface area contributed by atoms with Crippen LogP contribution in [0.15, 0.2) is 0 Å². The van der Waals surface area contributed by atoms with E-state index in [9.17, 15) is 4.79 Å². The minimum Gasteiger partial charge on any atom is -0.465 e. The minimum atomic E-state index is 0.0546. The zero-order valence-electron chi connectivity index (χ0n) is 10.7. The molecule has 4 aliphatic carbocycles. The normalized spacial score (nSPS) is 63.8. The van der Waals surface area contributed by atoms with Gasteiger partial charge in [-0.2, -0.15) is 0 Å². The number of rotatable bonds is 0. The number of nitrogens with two attached hydrogens (primary N) is 1. The fraction of sp³-hybridized carbons (Fsp3) is 0.933. The molecular formula is C15H21NO2. The van der Waals surface area contributed by atoms with E-state index in [-0.39, 0.29) is 11.4 Å². The topological polar surface area (TPSA) is 52.3 Å². The van der Waals surface area contributed by atoms with Crippen LogP contribution < -0.4 is 5.73 Å². The first-order chi connectivity index (χ1) is 8.68. The highest BCUT2D eigenvalue weighted by Crippen LogP contribution is 2.72. The van der Waals surface area contributed by atoms with Crippen LogP contribution in [0, 0.1) is 40.9 Å². The highest BCUT2D eigenvalue weighted by atomic mass is 16.5. The summed E-state index contributed by atoms with van der Waals surface area (Å²) in [5, 5.41) is 0. The van der Waals surface area contributed by atoms with E-state index in [0.29, 0.717) is 12.5 Å². The molecule has 3 nitrogen and oxygen atoms in total. The summed E-state index contributed by atoms with van der Waals surface area (Å²) in [4.78, 5) is 11.5. The molecule has 7 unspecified atom stereocenters. The van der Waals surface area contributed by atoms with Gasteiger partial charge in [0.05, 0.1) is 13.0 Å². The number of hydrogen-bond acceptors (Lipinski definition) is 3. The van der Waals surface area contributed by atoms with E-state index in [0.717, 1.165) is 42.1 Å². The molecule has 1 saturated heterocycles. The lowest BCUT2D eigenvalue weighted by Gasteiger charge is -2.44. The van der Waals surface area contributed by atoms with Gasteiger partial charge in [0.25, 0.3) is 0 Å². The molecule has 0 amide bonds. The SMILES string of the molecule is NC1CC2C[C@H]1C1C3CC(C21)C1(COC(=O)C1)C3. The standard InChI is InChI=1S/C15H21NO2/c16-11-3-7-1-9(11)13-8-2-10(14(7)13)15(4-8)5-12(17)18-6-15/h7-11,13-14H,1-6,16H2/t7?,8?,9-,10?,11?,13?,14?,15?/m1/s1. The molecule has 2 N–H and O–H groups in total. The molecule has 0 aromatic heterocycles. The molecule has 8 atom stereocenters. The minimum absolute atomic E-state index is 0.0546. The highest BCUT2D eigenvalue weighted by Gasteiger charge is 2.69. The zero-order chi connectivity index (χ0) is 12.1. The van der Waals surface area contributed by atoms with Crippen LogP contribution in [0.25, 0.3) is 0 Å². The van der Waals surface area contributed by atoms with Crippen molar-refractivity contribution < 1.29 is 9.53 Å². The van der Waals surface area contributed by atoms with Crippen molar-refractivity contribution in [2.45, 2.75) is 38.1 Å². The number of carbonyl (C=O) groups is 1. The van der Waals surface area contributed by atoms with E-state index in [1.54, 1.807) is 0 Å². The Labute approximate surface area is 107 Å². The third kappa shape index (κ3) is 0.974. The van der Waals surface area contributed by atoms with E-state index >= 15 is 0 Å². The van der Waals surface area contributed by atoms with Crippen molar-refractivity contribution in [3.63, 3.8) is 0 Å². The fourth-order valence-corrected chi connectivity index (χ4v) is 6.94. The molecule has 1 aliphatic heterocycles. The largest absolute Gasteiger partial charge is 0.465 e. The first-order valence-electron chi connectivity index (χ1n) is 7.59. The predicted molar refractivity (Wildman–Crippen MR) is 65.4 cm³/mol. The van der Waals surface area contributed by atoms with Crippen LogP contribution in [0.2, 0.25) is 0 Å². The molecule has 5 aliphatic rings. The van der Waals surface area contributed by atoms with Gasteiger partial charge in [0.2, 0.25) is 0 Å². The lowest BCUT2D eigenvalue weighted by Crippen LogP contribution is -2.45. The van der Waals surface area contributed by atoms with Gasteiger partial charge in [0.15, 0.2) is 0 Å². The molecular weight excluding hydrogens is 226 g/mol. The maximum atomic E-state index is 11.5. The van der Waals surface area contributed by atoms with Crippen LogP contribution in [0.5, 0.6) is 0 Å². The Morgan fingerprint density at radius 1 is 1.17 bits per heavy atom. The maximum absolute atomic E-state index is 11.5. The van der Waals surface area contributed by atoms with Gasteiger partial charge in [-0.05, 0) is 61.2 Å². The van der Waals surface area contributed by atoms with Crippen molar-refractivity contribution in [3.05, 3.63) is 0 Å². The van der Waals surface area contributed by atoms with Crippen LogP contribution in [0.4, 0.5) is 0 Å². The highest BCUT2D eigenvalue weighted by molar-refractivity contribution is 5.72. The Bertz CT molecular complexity index is 436. The molecule has 3 heteroatoms. The van der Waals surface area contributed by atoms with Crippen molar-refractivity contribution in [3.8, 4) is 0 Å². The van der Waals surface area contributed by atoms with Crippen LogP contribution >= 0.6 is 0 Å². The van der Waals surface area contributed by atoms with E-state index in [4.69, 9.17) is 10.5 Å². The smallest absolute Gasteiger partial charge is 0.306 e. The molecule has 5 rings (SSSR count). The molecule has 18 heavy (non-hydrogen) atoms. The number of cyclic esters (lactones) is 1. The molecule has 0 radical (unpaired) electrons. The third-order valence-corrected chi connectivity index (χ3v) is 7.22. The van der Waals surface area contributed by atoms with Crippen molar-refractivity contribution >= 4 is 5.97 Å². The Morgan fingerprint density at radius 2 is 2.06 bits per heavy atom. The zero-order valence-corrected chi connectivity index (χ0v) is 10.7. The molecule has 4 saturated carbocycles. The first kappa shape index (κ1) is 10.2. The summed E-state index contributed by atoms with van der Waals surface area (Å²) >= 11 is 0. The summed E-state index contributed by atoms with van der Waals surface area (Å²) in [6, 6.07) is 0.480. The summed E-state index contributed by atoms with van der Waals surface area (Å²) < 4.78 is 5.33. The van der Waals surface area contributed by atoms with E-state index < -0.39 is 0 Å². The number of carbonyl (C=O) groups excluding carboxylic acids is 1. The summed E-state index contributed by atoms with van der Waals surface area (Å²) in [6.07, 6.45) is 5.96. The quantitative estimate of drug-likeness (QED) is 0.522. The molecule has 0 aromatic carbocycles. The van der Waals surface area contributed by atoms with Crippen LogP contribution in [-0.2, 0) is 9.53 Å². The summed E-state index contributed by atoms with van der Waals surface area (Å²) in [5.41, 5.74) is 6.54. The summed E-state index contributed by atoms with van der Waals surface area (Å²) in [6.45, 7) is 0.722. The Kier molecular flexibility index (Phi) is 1.68. The number of esters is 1. The molecule has 1 spiro atoms. The predicted octanol–water partition coefficient (Wildman–Crippen LogP) is 1.56. The van der Waals surface area contributed by atoms with Gasteiger partial charge in [0.1, 0.15) is 0 Å². The van der Waals surface area contributed by atoms with Crippen molar-refractivity contribution in [1.29, 1.82) is 0 Å². The van der Waals surface area contributed by atoms with Gasteiger partial charge in [-0.1, -0.05) is 0 Å². The van der Waals surface area contributed by atoms with E-state index in [1.165, 1.54) is 25.7 Å². The van der Waals surface area contributed by atoms with Crippen molar-refractivity contribution in [1.82, 2.24) is 0 Å². The number of ether oxygens (including phenoxy) is 1. The monoisotopic (exact) mass is 247 g/mol. The Morgan fingerprint density at radius 3 is 2.83 bits per heavy atom. The summed E-state index contributed by atoms with van der Waals surface area (Å²) in [7, 11) is 0. The second-order valence-corrected chi connectivity index (χ2v) is 7.72. The van der Waals surface area contributed by atoms with E-state index in [2.05, 4.69) is 0 Å². The first-order valence-corrected chi connectivity index (χ1v) is 7.59. The Balaban J connectivity index is 1.52. The average Bonchev–Trinajstić information content (AvgIpc) is 3.04. The number of hydrogen-bond donors (Lipinski definition) is 1. The maximum Gasteiger partial charge on any atom is 0.306 e. The average molecular weight is 247 g/mol. The summed E-state index contributed by atoms with van der Waals surface area (Å²) in [5.74, 6) is 5.17. The van der Waals surface area contributed by atoms with Gasteiger partial charge in [0, 0.05) is 11.5 Å². The molecule has 0 aromatic rings. The second kappa shape index (κ2) is 2.95. The van der Waals surface area contributed by atoms with Crippen LogP contribution in [-0.4, -0.2) is 18.6 Å². The molecule has 4 bridgehead atoms. The van der Waals surface area contributed by atoms with E-state index in [1.807, 2.05) is 0 Å². The third-order valence-electron chi connectivity index (χ3n) is 7.22. The van der Waals surface area contributed by atoms with Gasteiger partial charge >= 0.3 is 5.97 Å². The molecule has 1 heterocycles. The van der Waals surface area contributed by atoms with Crippen LogP contribution in [0.1, 0.15) is 32.1 Å². The molecule has 98 valence electrons. The van der Waals surface area contributed by atoms with Crippen LogP contribution in [0.3, 0.4) is 0 Å². The van der Waals surface area contributed by atoms with Gasteiger partial charge < -0.3 is 10.5 Å². The number of fused-ring (bicyclic) bond motifs is 10. The lowest BCUT2D eigenvalue weighted by atomic mass is 9.60. The fourth-order valence-electron chi connectivity index (χ4n) is 6.94. The van der Waals surface area contributed by atoms with Crippen molar-refractivity contribution in [2.24, 2.45) is 46.7 Å². The van der Waals surface area contributed by atoms with Gasteiger partial charge in [-0.15, -0.1) is 0 Å². The second-order valence-electron chi connectivity index (χ2n) is 7.72. The van der Waals surface area contributed by atoms with Gasteiger partial charge in [-0.25, -0.2) is 0 Å².